The van der Waals surface area contributed by atoms with E-state index in [2.05, 4.69) is 26.8 Å². The highest BCUT2D eigenvalue weighted by Crippen LogP contribution is 2.19. The lowest BCUT2D eigenvalue weighted by atomic mass is 10.0. The smallest absolute Gasteiger partial charge is 0.417 e. The minimum atomic E-state index is -0.564. The normalized spacial score (nSPS) is 18.3. The van der Waals surface area contributed by atoms with E-state index in [1.165, 1.54) is 16.0 Å². The maximum atomic E-state index is 12.1. The summed E-state index contributed by atoms with van der Waals surface area (Å²) < 4.78 is 10.4. The predicted molar refractivity (Wildman–Crippen MR) is 90.1 cm³/mol. The van der Waals surface area contributed by atoms with Crippen molar-refractivity contribution in [2.75, 3.05) is 19.8 Å². The van der Waals surface area contributed by atoms with Crippen molar-refractivity contribution in [3.63, 3.8) is 0 Å². The van der Waals surface area contributed by atoms with Crippen molar-refractivity contribution in [2.45, 2.75) is 53.5 Å². The summed E-state index contributed by atoms with van der Waals surface area (Å²) in [5.74, 6) is -0.163. The van der Waals surface area contributed by atoms with Gasteiger partial charge in [-0.25, -0.2) is 9.69 Å². The lowest BCUT2D eigenvalue weighted by molar-refractivity contribution is -0.134. The van der Waals surface area contributed by atoms with Gasteiger partial charge in [0.05, 0.1) is 12.6 Å². The molecule has 0 aromatic heterocycles. The molecule has 1 fully saturated rings. The van der Waals surface area contributed by atoms with Crippen LogP contribution in [0.2, 0.25) is 0 Å². The molecule has 0 aliphatic carbocycles. The van der Waals surface area contributed by atoms with Crippen LogP contribution < -0.4 is 0 Å². The summed E-state index contributed by atoms with van der Waals surface area (Å²) in [5, 5.41) is 0. The number of nitrogens with zero attached hydrogens (tertiary/aromatic N) is 1. The molecule has 1 atom stereocenters. The lowest BCUT2D eigenvalue weighted by Crippen LogP contribution is -2.43. The summed E-state index contributed by atoms with van der Waals surface area (Å²) in [6, 6.07) is -0.194. The number of rotatable bonds is 8. The van der Waals surface area contributed by atoms with Crippen LogP contribution in [0, 0.1) is 5.92 Å². The Morgan fingerprint density at radius 3 is 2.65 bits per heavy atom. The summed E-state index contributed by atoms with van der Waals surface area (Å²) in [6.45, 7) is 10.7. The Hall–Kier alpha value is -1.62. The molecule has 1 aliphatic heterocycles. The fraction of sp³-hybridized carbons (Fsp3) is 0.667. The van der Waals surface area contributed by atoms with Gasteiger partial charge in [-0.1, -0.05) is 37.1 Å². The standard InChI is InChI=1S/C18H29NO4/c1-13(2)7-6-8-15(5)9-10-22-12-17(20)19-16(14(3)4)11-23-18(19)21/h7,9,14,16H,6,8,10-12H2,1-5H3/b15-9+. The number of carbonyl (C=O) groups excluding carboxylic acids is 2. The number of hydrogen-bond donors (Lipinski definition) is 0. The van der Waals surface area contributed by atoms with E-state index in [0.717, 1.165) is 12.8 Å². The minimum absolute atomic E-state index is 0.101. The first-order valence-corrected chi connectivity index (χ1v) is 8.18. The SMILES string of the molecule is CC(C)=CCC/C(C)=C/COCC(=O)N1C(=O)OCC1C(C)C. The van der Waals surface area contributed by atoms with Crippen LogP contribution in [0.25, 0.3) is 0 Å². The fourth-order valence-electron chi connectivity index (χ4n) is 2.32. The van der Waals surface area contributed by atoms with Gasteiger partial charge in [-0.2, -0.15) is 0 Å². The summed E-state index contributed by atoms with van der Waals surface area (Å²) >= 11 is 0. The maximum Gasteiger partial charge on any atom is 0.417 e. The third kappa shape index (κ3) is 6.57. The maximum absolute atomic E-state index is 12.1. The second-order valence-electron chi connectivity index (χ2n) is 6.54. The van der Waals surface area contributed by atoms with Crippen molar-refractivity contribution in [1.82, 2.24) is 4.90 Å². The largest absolute Gasteiger partial charge is 0.447 e. The van der Waals surface area contributed by atoms with Gasteiger partial charge in [0.25, 0.3) is 5.91 Å². The topological polar surface area (TPSA) is 55.8 Å². The first kappa shape index (κ1) is 19.4. The van der Waals surface area contributed by atoms with Crippen LogP contribution in [0.5, 0.6) is 0 Å². The number of allylic oxidation sites excluding steroid dienone is 3. The Morgan fingerprint density at radius 1 is 1.35 bits per heavy atom. The third-order valence-electron chi connectivity index (χ3n) is 3.81. The number of cyclic esters (lactones) is 1. The van der Waals surface area contributed by atoms with E-state index >= 15 is 0 Å². The Labute approximate surface area is 139 Å². The highest BCUT2D eigenvalue weighted by Gasteiger charge is 2.39. The molecule has 0 N–H and O–H groups in total. The van der Waals surface area contributed by atoms with E-state index in [1.54, 1.807) is 0 Å². The van der Waals surface area contributed by atoms with E-state index in [0.29, 0.717) is 6.61 Å². The molecule has 0 radical (unpaired) electrons. The molecule has 0 aromatic rings. The molecule has 0 aromatic carbocycles. The van der Waals surface area contributed by atoms with Gasteiger partial charge in [0, 0.05) is 0 Å². The van der Waals surface area contributed by atoms with E-state index in [-0.39, 0.29) is 31.1 Å². The van der Waals surface area contributed by atoms with Gasteiger partial charge in [0.1, 0.15) is 13.2 Å². The number of ether oxygens (including phenoxy) is 2. The quantitative estimate of drug-likeness (QED) is 0.505. The van der Waals surface area contributed by atoms with E-state index in [4.69, 9.17) is 9.47 Å². The molecule has 1 aliphatic rings. The van der Waals surface area contributed by atoms with Crippen LogP contribution in [-0.4, -0.2) is 42.8 Å². The highest BCUT2D eigenvalue weighted by atomic mass is 16.6. The third-order valence-corrected chi connectivity index (χ3v) is 3.81. The Kier molecular flexibility index (Phi) is 8.03. The molecule has 0 saturated carbocycles. The molecule has 5 nitrogen and oxygen atoms in total. The molecule has 0 spiro atoms. The first-order chi connectivity index (χ1) is 10.8. The zero-order valence-corrected chi connectivity index (χ0v) is 14.9. The zero-order valence-electron chi connectivity index (χ0n) is 14.9. The zero-order chi connectivity index (χ0) is 17.4. The molecule has 2 amide bonds. The second-order valence-corrected chi connectivity index (χ2v) is 6.54. The van der Waals surface area contributed by atoms with Crippen LogP contribution in [0.1, 0.15) is 47.5 Å². The molecule has 1 unspecified atom stereocenters. The summed E-state index contributed by atoms with van der Waals surface area (Å²) in [4.78, 5) is 25.0. The average molecular weight is 323 g/mol. The van der Waals surface area contributed by atoms with Crippen molar-refractivity contribution in [3.8, 4) is 0 Å². The minimum Gasteiger partial charge on any atom is -0.447 e. The first-order valence-electron chi connectivity index (χ1n) is 8.18. The molecule has 0 bridgehead atoms. The van der Waals surface area contributed by atoms with Crippen LogP contribution in [0.4, 0.5) is 4.79 Å². The molecular formula is C18H29NO4. The van der Waals surface area contributed by atoms with Crippen LogP contribution >= 0.6 is 0 Å². The van der Waals surface area contributed by atoms with E-state index < -0.39 is 6.09 Å². The predicted octanol–water partition coefficient (Wildman–Crippen LogP) is 3.70. The molecule has 130 valence electrons. The van der Waals surface area contributed by atoms with Gasteiger partial charge < -0.3 is 9.47 Å². The molecular weight excluding hydrogens is 294 g/mol. The van der Waals surface area contributed by atoms with Gasteiger partial charge in [0.15, 0.2) is 0 Å². The molecule has 1 heterocycles. The van der Waals surface area contributed by atoms with Crippen molar-refractivity contribution in [2.24, 2.45) is 5.92 Å². The van der Waals surface area contributed by atoms with Gasteiger partial charge >= 0.3 is 6.09 Å². The van der Waals surface area contributed by atoms with Crippen molar-refractivity contribution >= 4 is 12.0 Å². The Balaban J connectivity index is 2.36. The Morgan fingerprint density at radius 2 is 2.04 bits per heavy atom. The fourth-order valence-corrected chi connectivity index (χ4v) is 2.32. The lowest BCUT2D eigenvalue weighted by Gasteiger charge is -2.22. The summed E-state index contributed by atoms with van der Waals surface area (Å²) in [6.07, 6.45) is 5.61. The molecule has 1 saturated heterocycles. The van der Waals surface area contributed by atoms with E-state index in [9.17, 15) is 9.59 Å². The number of carbonyl (C=O) groups is 2. The van der Waals surface area contributed by atoms with Crippen LogP contribution in [0.3, 0.4) is 0 Å². The average Bonchev–Trinajstić information content (AvgIpc) is 2.85. The van der Waals surface area contributed by atoms with E-state index in [1.807, 2.05) is 19.9 Å². The highest BCUT2D eigenvalue weighted by molar-refractivity contribution is 5.94. The molecule has 5 heteroatoms. The molecule has 1 rings (SSSR count). The number of imide groups is 1. The van der Waals surface area contributed by atoms with Crippen molar-refractivity contribution in [3.05, 3.63) is 23.3 Å². The van der Waals surface area contributed by atoms with Crippen molar-refractivity contribution < 1.29 is 19.1 Å². The summed E-state index contributed by atoms with van der Waals surface area (Å²) in [7, 11) is 0. The van der Waals surface area contributed by atoms with Crippen LogP contribution in [-0.2, 0) is 14.3 Å². The Bertz CT molecular complexity index is 475. The van der Waals surface area contributed by atoms with Gasteiger partial charge in [-0.15, -0.1) is 0 Å². The number of amides is 2. The number of hydrogen-bond acceptors (Lipinski definition) is 4. The van der Waals surface area contributed by atoms with Gasteiger partial charge in [-0.05, 0) is 39.5 Å². The molecule has 23 heavy (non-hydrogen) atoms. The van der Waals surface area contributed by atoms with Gasteiger partial charge in [0.2, 0.25) is 0 Å². The van der Waals surface area contributed by atoms with Gasteiger partial charge in [-0.3, -0.25) is 4.79 Å². The van der Waals surface area contributed by atoms with Crippen molar-refractivity contribution in [1.29, 1.82) is 0 Å². The second kappa shape index (κ2) is 9.50. The monoisotopic (exact) mass is 323 g/mol. The van der Waals surface area contributed by atoms with Crippen LogP contribution in [0.15, 0.2) is 23.3 Å². The summed E-state index contributed by atoms with van der Waals surface area (Å²) in [5.41, 5.74) is 2.55.